The predicted octanol–water partition coefficient (Wildman–Crippen LogP) is 4.15. The quantitative estimate of drug-likeness (QED) is 0.307. The van der Waals surface area contributed by atoms with E-state index in [2.05, 4.69) is 20.8 Å². The molecule has 130 valence electrons. The SMILES string of the molecule is S=C(NCc1ccco1)NN=Cc1ccc(-c2nc3ccccc3s2)o1. The number of nitrogens with one attached hydrogen (secondary N) is 2. The van der Waals surface area contributed by atoms with Gasteiger partial charge in [-0.2, -0.15) is 5.10 Å². The molecule has 0 bridgehead atoms. The number of hydrogen-bond donors (Lipinski definition) is 2. The molecule has 0 radical (unpaired) electrons. The van der Waals surface area contributed by atoms with Gasteiger partial charge in [-0.05, 0) is 48.6 Å². The van der Waals surface area contributed by atoms with Gasteiger partial charge in [0.05, 0.1) is 29.2 Å². The maximum absolute atomic E-state index is 5.78. The minimum absolute atomic E-state index is 0.399. The lowest BCUT2D eigenvalue weighted by Crippen LogP contribution is -2.31. The molecule has 0 spiro atoms. The smallest absolute Gasteiger partial charge is 0.187 e. The van der Waals surface area contributed by atoms with Gasteiger partial charge in [-0.3, -0.25) is 5.43 Å². The van der Waals surface area contributed by atoms with E-state index in [4.69, 9.17) is 21.1 Å². The molecule has 0 aliphatic rings. The Labute approximate surface area is 158 Å². The average molecular weight is 382 g/mol. The molecule has 0 fully saturated rings. The Morgan fingerprint density at radius 3 is 2.96 bits per heavy atom. The Balaban J connectivity index is 1.35. The zero-order chi connectivity index (χ0) is 17.8. The number of para-hydroxylation sites is 1. The second-order valence-corrected chi connectivity index (χ2v) is 6.76. The Bertz CT molecular complexity index is 1020. The number of nitrogens with zero attached hydrogens (tertiary/aromatic N) is 2. The van der Waals surface area contributed by atoms with Gasteiger partial charge >= 0.3 is 0 Å². The van der Waals surface area contributed by atoms with E-state index in [1.54, 1.807) is 23.8 Å². The lowest BCUT2D eigenvalue weighted by molar-refractivity contribution is 0.502. The molecule has 3 heterocycles. The molecule has 8 heteroatoms. The molecule has 1 aromatic carbocycles. The Morgan fingerprint density at radius 1 is 1.19 bits per heavy atom. The molecular weight excluding hydrogens is 368 g/mol. The van der Waals surface area contributed by atoms with Crippen molar-refractivity contribution >= 4 is 45.1 Å². The van der Waals surface area contributed by atoms with Crippen LogP contribution in [0.3, 0.4) is 0 Å². The molecule has 6 nitrogen and oxygen atoms in total. The maximum atomic E-state index is 5.78. The van der Waals surface area contributed by atoms with Crippen LogP contribution in [0.4, 0.5) is 0 Å². The highest BCUT2D eigenvalue weighted by molar-refractivity contribution is 7.80. The van der Waals surface area contributed by atoms with Crippen LogP contribution in [0.2, 0.25) is 0 Å². The highest BCUT2D eigenvalue weighted by Gasteiger charge is 2.09. The Kier molecular flexibility index (Phi) is 4.76. The molecule has 3 aromatic heterocycles. The summed E-state index contributed by atoms with van der Waals surface area (Å²) in [6.45, 7) is 0.497. The number of rotatable bonds is 5. The van der Waals surface area contributed by atoms with E-state index >= 15 is 0 Å². The van der Waals surface area contributed by atoms with E-state index in [0.717, 1.165) is 21.0 Å². The zero-order valence-electron chi connectivity index (χ0n) is 13.5. The van der Waals surface area contributed by atoms with Crippen LogP contribution in [0.1, 0.15) is 11.5 Å². The lowest BCUT2D eigenvalue weighted by Gasteiger charge is -2.04. The number of aromatic nitrogens is 1. The largest absolute Gasteiger partial charge is 0.467 e. The monoisotopic (exact) mass is 382 g/mol. The van der Waals surface area contributed by atoms with Gasteiger partial charge in [0.25, 0.3) is 0 Å². The lowest BCUT2D eigenvalue weighted by atomic mass is 10.3. The summed E-state index contributed by atoms with van der Waals surface area (Å²) in [6.07, 6.45) is 3.18. The van der Waals surface area contributed by atoms with Crippen molar-refractivity contribution < 1.29 is 8.83 Å². The minimum Gasteiger partial charge on any atom is -0.467 e. The van der Waals surface area contributed by atoms with Crippen LogP contribution in [0.5, 0.6) is 0 Å². The molecule has 4 rings (SSSR count). The number of hydrogen-bond acceptors (Lipinski definition) is 6. The normalized spacial score (nSPS) is 11.2. The topological polar surface area (TPSA) is 75.6 Å². The summed E-state index contributed by atoms with van der Waals surface area (Å²) in [5.41, 5.74) is 3.71. The van der Waals surface area contributed by atoms with Gasteiger partial charge in [-0.1, -0.05) is 12.1 Å². The first-order valence-corrected chi connectivity index (χ1v) is 9.05. The molecule has 0 aliphatic heterocycles. The molecular formula is C18H14N4O2S2. The Hall–Kier alpha value is -2.97. The van der Waals surface area contributed by atoms with Crippen molar-refractivity contribution in [3.8, 4) is 10.8 Å². The van der Waals surface area contributed by atoms with E-state index < -0.39 is 0 Å². The van der Waals surface area contributed by atoms with E-state index in [9.17, 15) is 0 Å². The summed E-state index contributed by atoms with van der Waals surface area (Å²) in [5.74, 6) is 2.12. The van der Waals surface area contributed by atoms with Crippen molar-refractivity contribution in [1.82, 2.24) is 15.7 Å². The first kappa shape index (κ1) is 16.5. The number of furan rings is 2. The highest BCUT2D eigenvalue weighted by Crippen LogP contribution is 2.30. The van der Waals surface area contributed by atoms with Gasteiger partial charge in [0.15, 0.2) is 15.9 Å². The first-order chi connectivity index (χ1) is 12.8. The molecule has 0 atom stereocenters. The number of fused-ring (bicyclic) bond motifs is 1. The van der Waals surface area contributed by atoms with Gasteiger partial charge in [-0.25, -0.2) is 4.98 Å². The van der Waals surface area contributed by atoms with Crippen LogP contribution in [0.15, 0.2) is 68.7 Å². The first-order valence-electron chi connectivity index (χ1n) is 7.83. The third kappa shape index (κ3) is 3.81. The molecule has 0 amide bonds. The van der Waals surface area contributed by atoms with E-state index in [0.29, 0.717) is 23.2 Å². The fourth-order valence-electron chi connectivity index (χ4n) is 2.29. The molecule has 26 heavy (non-hydrogen) atoms. The highest BCUT2D eigenvalue weighted by atomic mass is 32.1. The minimum atomic E-state index is 0.399. The molecule has 4 aromatic rings. The van der Waals surface area contributed by atoms with Crippen molar-refractivity contribution in [3.05, 3.63) is 66.3 Å². The number of hydrazone groups is 1. The van der Waals surface area contributed by atoms with Gasteiger partial charge < -0.3 is 14.2 Å². The molecule has 0 saturated heterocycles. The van der Waals surface area contributed by atoms with Gasteiger partial charge in [-0.15, -0.1) is 11.3 Å². The van der Waals surface area contributed by atoms with E-state index in [1.807, 2.05) is 48.5 Å². The summed E-state index contributed by atoms with van der Waals surface area (Å²) in [4.78, 5) is 4.58. The van der Waals surface area contributed by atoms with Crippen LogP contribution >= 0.6 is 23.6 Å². The number of benzene rings is 1. The van der Waals surface area contributed by atoms with E-state index in [1.165, 1.54) is 0 Å². The summed E-state index contributed by atoms with van der Waals surface area (Å²) >= 11 is 6.74. The molecule has 0 aliphatic carbocycles. The second kappa shape index (κ2) is 7.51. The summed E-state index contributed by atoms with van der Waals surface area (Å²) in [6, 6.07) is 15.4. The number of thiazole rings is 1. The van der Waals surface area contributed by atoms with Gasteiger partial charge in [0.1, 0.15) is 11.5 Å². The Morgan fingerprint density at radius 2 is 2.12 bits per heavy atom. The van der Waals surface area contributed by atoms with Crippen molar-refractivity contribution in [2.45, 2.75) is 6.54 Å². The third-order valence-corrected chi connectivity index (χ3v) is 4.78. The summed E-state index contributed by atoms with van der Waals surface area (Å²) < 4.78 is 12.1. The fraction of sp³-hybridized carbons (Fsp3) is 0.0556. The number of thiocarbonyl (C=S) groups is 1. The van der Waals surface area contributed by atoms with Crippen LogP contribution < -0.4 is 10.7 Å². The standard InChI is InChI=1S/C18H14N4O2S2/c25-18(19-10-12-4-3-9-23-12)22-20-11-13-7-8-15(24-13)17-21-14-5-1-2-6-16(14)26-17/h1-9,11H,10H2,(H2,19,22,25). The molecule has 2 N–H and O–H groups in total. The maximum Gasteiger partial charge on any atom is 0.187 e. The fourth-order valence-corrected chi connectivity index (χ4v) is 3.34. The van der Waals surface area contributed by atoms with Crippen LogP contribution in [-0.2, 0) is 6.54 Å². The van der Waals surface area contributed by atoms with Crippen molar-refractivity contribution in [1.29, 1.82) is 0 Å². The van der Waals surface area contributed by atoms with Crippen molar-refractivity contribution in [2.75, 3.05) is 0 Å². The van der Waals surface area contributed by atoms with Crippen LogP contribution in [0.25, 0.3) is 21.0 Å². The van der Waals surface area contributed by atoms with Crippen molar-refractivity contribution in [2.24, 2.45) is 5.10 Å². The van der Waals surface area contributed by atoms with Crippen molar-refractivity contribution in [3.63, 3.8) is 0 Å². The molecule has 0 unspecified atom stereocenters. The predicted molar refractivity (Wildman–Crippen MR) is 106 cm³/mol. The summed E-state index contributed by atoms with van der Waals surface area (Å²) in [5, 5.41) is 8.30. The third-order valence-electron chi connectivity index (χ3n) is 3.49. The van der Waals surface area contributed by atoms with Crippen LogP contribution in [-0.4, -0.2) is 16.3 Å². The summed E-state index contributed by atoms with van der Waals surface area (Å²) in [7, 11) is 0. The van der Waals surface area contributed by atoms with Gasteiger partial charge in [0, 0.05) is 0 Å². The van der Waals surface area contributed by atoms with Gasteiger partial charge in [0.2, 0.25) is 0 Å². The second-order valence-electron chi connectivity index (χ2n) is 5.32. The zero-order valence-corrected chi connectivity index (χ0v) is 15.1. The molecule has 0 saturated carbocycles. The average Bonchev–Trinajstić information content (AvgIpc) is 3.39. The van der Waals surface area contributed by atoms with E-state index in [-0.39, 0.29) is 0 Å². The van der Waals surface area contributed by atoms with Crippen LogP contribution in [0, 0.1) is 0 Å².